The van der Waals surface area contributed by atoms with Gasteiger partial charge in [0.1, 0.15) is 11.5 Å². The quantitative estimate of drug-likeness (QED) is 0.728. The summed E-state index contributed by atoms with van der Waals surface area (Å²) in [6, 6.07) is 0. The maximum atomic E-state index is 5.44. The fourth-order valence-electron chi connectivity index (χ4n) is 2.13. The van der Waals surface area contributed by atoms with Crippen molar-refractivity contribution < 1.29 is 8.94 Å². The minimum atomic E-state index is 0.395. The van der Waals surface area contributed by atoms with Crippen LogP contribution in [-0.4, -0.2) is 20.1 Å². The molecule has 0 aliphatic heterocycles. The Labute approximate surface area is 125 Å². The zero-order valence-corrected chi connectivity index (χ0v) is 12.6. The first-order valence-corrected chi connectivity index (χ1v) is 7.83. The summed E-state index contributed by atoms with van der Waals surface area (Å²) in [6.45, 7) is 4.23. The Hall–Kier alpha value is -2.02. The van der Waals surface area contributed by atoms with E-state index < -0.39 is 0 Å². The molecular formula is C14H14N4O2S. The molecule has 1 fully saturated rings. The van der Waals surface area contributed by atoms with Gasteiger partial charge in [0.2, 0.25) is 5.82 Å². The van der Waals surface area contributed by atoms with Crippen LogP contribution in [0.2, 0.25) is 0 Å². The Morgan fingerprint density at radius 1 is 1.29 bits per heavy atom. The second-order valence-corrected chi connectivity index (χ2v) is 6.38. The average molecular weight is 302 g/mol. The van der Waals surface area contributed by atoms with Gasteiger partial charge in [-0.25, -0.2) is 9.97 Å². The molecule has 3 heterocycles. The van der Waals surface area contributed by atoms with Crippen molar-refractivity contribution in [1.29, 1.82) is 0 Å². The van der Waals surface area contributed by atoms with Crippen LogP contribution in [0.1, 0.15) is 49.3 Å². The highest BCUT2D eigenvalue weighted by Gasteiger charge is 2.32. The van der Waals surface area contributed by atoms with Gasteiger partial charge >= 0.3 is 0 Å². The van der Waals surface area contributed by atoms with Crippen molar-refractivity contribution >= 4 is 11.3 Å². The summed E-state index contributed by atoms with van der Waals surface area (Å²) in [7, 11) is 0. The van der Waals surface area contributed by atoms with Gasteiger partial charge in [0.05, 0.1) is 5.01 Å². The van der Waals surface area contributed by atoms with E-state index in [1.165, 1.54) is 6.39 Å². The van der Waals surface area contributed by atoms with Crippen LogP contribution in [0.4, 0.5) is 0 Å². The molecule has 7 heteroatoms. The molecule has 0 radical (unpaired) electrons. The van der Waals surface area contributed by atoms with Crippen molar-refractivity contribution in [2.45, 2.75) is 38.5 Å². The van der Waals surface area contributed by atoms with Gasteiger partial charge in [-0.05, 0) is 12.8 Å². The molecule has 3 aromatic heterocycles. The summed E-state index contributed by atoms with van der Waals surface area (Å²) < 4.78 is 10.8. The predicted octanol–water partition coefficient (Wildman–Crippen LogP) is 3.85. The van der Waals surface area contributed by atoms with E-state index in [1.54, 1.807) is 11.3 Å². The molecule has 0 unspecified atom stereocenters. The van der Waals surface area contributed by atoms with Crippen LogP contribution in [0.3, 0.4) is 0 Å². The summed E-state index contributed by atoms with van der Waals surface area (Å²) in [5.41, 5.74) is 1.41. The molecule has 0 atom stereocenters. The number of nitrogens with zero attached hydrogens (tertiary/aromatic N) is 4. The topological polar surface area (TPSA) is 77.8 Å². The SMILES string of the molecule is CC(C)c1nc(-c2noc(-c3ncoc3C3CC3)n2)cs1. The van der Waals surface area contributed by atoms with Gasteiger partial charge in [0, 0.05) is 17.2 Å². The van der Waals surface area contributed by atoms with Crippen molar-refractivity contribution in [3.63, 3.8) is 0 Å². The Balaban J connectivity index is 1.67. The molecule has 0 spiro atoms. The third-order valence-electron chi connectivity index (χ3n) is 3.42. The van der Waals surface area contributed by atoms with E-state index in [2.05, 4.69) is 34.0 Å². The molecule has 21 heavy (non-hydrogen) atoms. The van der Waals surface area contributed by atoms with Gasteiger partial charge in [0.25, 0.3) is 5.89 Å². The average Bonchev–Trinajstić information content (AvgIpc) is 2.95. The van der Waals surface area contributed by atoms with Crippen molar-refractivity contribution in [2.75, 3.05) is 0 Å². The Morgan fingerprint density at radius 3 is 2.86 bits per heavy atom. The molecule has 0 aromatic carbocycles. The minimum absolute atomic E-state index is 0.395. The lowest BCUT2D eigenvalue weighted by molar-refractivity contribution is 0.429. The van der Waals surface area contributed by atoms with Crippen LogP contribution >= 0.6 is 11.3 Å². The highest BCUT2D eigenvalue weighted by atomic mass is 32.1. The molecule has 4 rings (SSSR count). The summed E-state index contributed by atoms with van der Waals surface area (Å²) in [5.74, 6) is 2.60. The lowest BCUT2D eigenvalue weighted by Gasteiger charge is -1.95. The van der Waals surface area contributed by atoms with Gasteiger partial charge in [0.15, 0.2) is 12.1 Å². The number of rotatable bonds is 4. The number of thiazole rings is 1. The number of oxazole rings is 1. The first-order chi connectivity index (χ1) is 10.2. The molecule has 1 saturated carbocycles. The van der Waals surface area contributed by atoms with Crippen molar-refractivity contribution in [3.05, 3.63) is 22.5 Å². The van der Waals surface area contributed by atoms with Crippen molar-refractivity contribution in [1.82, 2.24) is 20.1 Å². The van der Waals surface area contributed by atoms with Gasteiger partial charge in [-0.1, -0.05) is 19.0 Å². The lowest BCUT2D eigenvalue weighted by Crippen LogP contribution is -1.87. The smallest absolute Gasteiger partial charge is 0.280 e. The van der Waals surface area contributed by atoms with E-state index in [-0.39, 0.29) is 0 Å². The van der Waals surface area contributed by atoms with Gasteiger partial charge in [-0.2, -0.15) is 4.98 Å². The van der Waals surface area contributed by atoms with E-state index in [0.29, 0.717) is 29.2 Å². The number of hydrogen-bond acceptors (Lipinski definition) is 7. The normalized spacial score (nSPS) is 15.0. The van der Waals surface area contributed by atoms with Crippen LogP contribution in [0.5, 0.6) is 0 Å². The van der Waals surface area contributed by atoms with E-state index in [9.17, 15) is 0 Å². The molecule has 0 N–H and O–H groups in total. The van der Waals surface area contributed by atoms with E-state index in [4.69, 9.17) is 8.94 Å². The third-order valence-corrected chi connectivity index (χ3v) is 4.56. The summed E-state index contributed by atoms with van der Waals surface area (Å²) >= 11 is 1.61. The third kappa shape index (κ3) is 2.27. The van der Waals surface area contributed by atoms with E-state index in [1.807, 2.05) is 5.38 Å². The monoisotopic (exact) mass is 302 g/mol. The summed E-state index contributed by atoms with van der Waals surface area (Å²) in [5, 5.41) is 7.03. The maximum absolute atomic E-state index is 5.44. The fourth-order valence-corrected chi connectivity index (χ4v) is 2.94. The van der Waals surface area contributed by atoms with E-state index >= 15 is 0 Å². The maximum Gasteiger partial charge on any atom is 0.280 e. The molecule has 1 aliphatic rings. The zero-order chi connectivity index (χ0) is 14.4. The van der Waals surface area contributed by atoms with Crippen LogP contribution in [-0.2, 0) is 0 Å². The predicted molar refractivity (Wildman–Crippen MR) is 77.0 cm³/mol. The molecule has 108 valence electrons. The van der Waals surface area contributed by atoms with Gasteiger partial charge in [-0.15, -0.1) is 11.3 Å². The standard InChI is InChI=1S/C14H14N4O2S/c1-7(2)14-16-9(5-21-14)12-17-13(20-18-12)10-11(8-3-4-8)19-6-15-10/h5-8H,3-4H2,1-2H3. The highest BCUT2D eigenvalue weighted by Crippen LogP contribution is 2.43. The molecule has 0 saturated heterocycles. The van der Waals surface area contributed by atoms with Gasteiger partial charge < -0.3 is 8.94 Å². The lowest BCUT2D eigenvalue weighted by atomic mass is 10.2. The van der Waals surface area contributed by atoms with Gasteiger partial charge in [-0.3, -0.25) is 0 Å². The Bertz CT molecular complexity index is 769. The van der Waals surface area contributed by atoms with Crippen LogP contribution in [0.15, 0.2) is 20.7 Å². The van der Waals surface area contributed by atoms with Crippen LogP contribution in [0, 0.1) is 0 Å². The first kappa shape index (κ1) is 12.7. The molecule has 0 amide bonds. The molecule has 0 bridgehead atoms. The number of aromatic nitrogens is 4. The molecule has 6 nitrogen and oxygen atoms in total. The van der Waals surface area contributed by atoms with Crippen LogP contribution < -0.4 is 0 Å². The first-order valence-electron chi connectivity index (χ1n) is 6.95. The minimum Gasteiger partial charge on any atom is -0.447 e. The Morgan fingerprint density at radius 2 is 2.14 bits per heavy atom. The van der Waals surface area contributed by atoms with Crippen LogP contribution in [0.25, 0.3) is 23.1 Å². The second-order valence-electron chi connectivity index (χ2n) is 5.49. The fraction of sp³-hybridized carbons (Fsp3) is 0.429. The molecular weight excluding hydrogens is 288 g/mol. The molecule has 3 aromatic rings. The second kappa shape index (κ2) is 4.77. The highest BCUT2D eigenvalue weighted by molar-refractivity contribution is 7.10. The number of hydrogen-bond donors (Lipinski definition) is 0. The molecule has 1 aliphatic carbocycles. The van der Waals surface area contributed by atoms with E-state index in [0.717, 1.165) is 29.3 Å². The summed E-state index contributed by atoms with van der Waals surface area (Å²) in [4.78, 5) is 13.2. The largest absolute Gasteiger partial charge is 0.447 e. The van der Waals surface area contributed by atoms with Crippen molar-refractivity contribution in [2.24, 2.45) is 0 Å². The Kier molecular flexibility index (Phi) is 2.88. The van der Waals surface area contributed by atoms with Crippen molar-refractivity contribution in [3.8, 4) is 23.1 Å². The summed E-state index contributed by atoms with van der Waals surface area (Å²) in [6.07, 6.45) is 3.70. The zero-order valence-electron chi connectivity index (χ0n) is 11.7.